The van der Waals surface area contributed by atoms with Crippen LogP contribution in [-0.2, 0) is 4.74 Å². The average molecular weight is 282 g/mol. The van der Waals surface area contributed by atoms with E-state index in [1.165, 1.54) is 43.0 Å². The standard InChI is InChI=1S/C15H26N2OS/c1-11-3-6-15(7-4-11)10-19-14(17-15)16-9-13-5-8-18-12(13)2/h11-13H,3-10H2,1-2H3,(H,16,17). The van der Waals surface area contributed by atoms with Gasteiger partial charge in [-0.15, -0.1) is 0 Å². The van der Waals surface area contributed by atoms with Crippen LogP contribution in [0.5, 0.6) is 0 Å². The Morgan fingerprint density at radius 2 is 2.11 bits per heavy atom. The minimum atomic E-state index is 0.369. The molecule has 0 aromatic rings. The fourth-order valence-electron chi connectivity index (χ4n) is 3.39. The minimum absolute atomic E-state index is 0.369. The zero-order valence-corrected chi connectivity index (χ0v) is 13.0. The summed E-state index contributed by atoms with van der Waals surface area (Å²) >= 11 is 1.93. The molecule has 4 heteroatoms. The van der Waals surface area contributed by atoms with Gasteiger partial charge in [-0.1, -0.05) is 18.7 Å². The molecule has 0 bridgehead atoms. The zero-order chi connectivity index (χ0) is 13.3. The Balaban J connectivity index is 1.53. The Labute approximate surface area is 121 Å². The van der Waals surface area contributed by atoms with Gasteiger partial charge in [-0.25, -0.2) is 0 Å². The maximum absolute atomic E-state index is 5.61. The van der Waals surface area contributed by atoms with E-state index in [2.05, 4.69) is 19.2 Å². The largest absolute Gasteiger partial charge is 0.378 e. The van der Waals surface area contributed by atoms with Gasteiger partial charge in [0.2, 0.25) is 0 Å². The van der Waals surface area contributed by atoms with Crippen LogP contribution in [0.25, 0.3) is 0 Å². The quantitative estimate of drug-likeness (QED) is 0.845. The lowest BCUT2D eigenvalue weighted by molar-refractivity contribution is 0.107. The Bertz CT molecular complexity index is 350. The smallest absolute Gasteiger partial charge is 0.157 e. The fraction of sp³-hybridized carbons (Fsp3) is 0.933. The number of aliphatic imine (C=N–C) groups is 1. The maximum atomic E-state index is 5.61. The summed E-state index contributed by atoms with van der Waals surface area (Å²) in [5.41, 5.74) is 0.369. The van der Waals surface area contributed by atoms with Crippen LogP contribution in [0, 0.1) is 11.8 Å². The molecular formula is C15H26N2OS. The fourth-order valence-corrected chi connectivity index (χ4v) is 4.62. The molecule has 0 amide bonds. The molecule has 19 heavy (non-hydrogen) atoms. The highest BCUT2D eigenvalue weighted by Gasteiger charge is 2.39. The number of hydrogen-bond acceptors (Lipinski definition) is 3. The predicted molar refractivity (Wildman–Crippen MR) is 81.8 cm³/mol. The van der Waals surface area contributed by atoms with Crippen molar-refractivity contribution in [2.75, 3.05) is 18.9 Å². The molecule has 1 spiro atoms. The van der Waals surface area contributed by atoms with Gasteiger partial charge in [0.1, 0.15) is 0 Å². The first-order valence-electron chi connectivity index (χ1n) is 7.74. The van der Waals surface area contributed by atoms with E-state index in [0.29, 0.717) is 17.6 Å². The van der Waals surface area contributed by atoms with E-state index in [9.17, 15) is 0 Å². The third-order valence-electron chi connectivity index (χ3n) is 5.09. The molecule has 2 unspecified atom stereocenters. The van der Waals surface area contributed by atoms with E-state index in [-0.39, 0.29) is 0 Å². The summed E-state index contributed by atoms with van der Waals surface area (Å²) in [4.78, 5) is 4.81. The van der Waals surface area contributed by atoms with Crippen molar-refractivity contribution in [3.05, 3.63) is 0 Å². The second-order valence-corrected chi connectivity index (χ2v) is 7.61. The summed E-state index contributed by atoms with van der Waals surface area (Å²) in [6, 6.07) is 0. The monoisotopic (exact) mass is 282 g/mol. The van der Waals surface area contributed by atoms with Gasteiger partial charge in [0.05, 0.1) is 6.10 Å². The maximum Gasteiger partial charge on any atom is 0.157 e. The molecule has 2 heterocycles. The molecule has 108 valence electrons. The molecule has 0 aromatic heterocycles. The van der Waals surface area contributed by atoms with Crippen LogP contribution in [0.3, 0.4) is 0 Å². The van der Waals surface area contributed by atoms with Crippen LogP contribution in [0.2, 0.25) is 0 Å². The van der Waals surface area contributed by atoms with Gasteiger partial charge < -0.3 is 10.1 Å². The summed E-state index contributed by atoms with van der Waals surface area (Å²) in [5.74, 6) is 2.75. The van der Waals surface area contributed by atoms with Crippen molar-refractivity contribution < 1.29 is 4.74 Å². The van der Waals surface area contributed by atoms with Crippen LogP contribution >= 0.6 is 11.8 Å². The Hall–Kier alpha value is -0.220. The molecule has 3 aliphatic rings. The van der Waals surface area contributed by atoms with E-state index >= 15 is 0 Å². The number of nitrogens with one attached hydrogen (secondary N) is 1. The molecule has 2 atom stereocenters. The third kappa shape index (κ3) is 3.10. The molecule has 1 aliphatic carbocycles. The molecule has 1 N–H and O–H groups in total. The molecule has 2 saturated heterocycles. The average Bonchev–Trinajstić information content (AvgIpc) is 2.99. The highest BCUT2D eigenvalue weighted by Crippen LogP contribution is 2.38. The van der Waals surface area contributed by atoms with Crippen molar-refractivity contribution in [1.82, 2.24) is 5.32 Å². The first kappa shape index (κ1) is 13.7. The van der Waals surface area contributed by atoms with E-state index in [1.807, 2.05) is 11.8 Å². The van der Waals surface area contributed by atoms with E-state index in [1.54, 1.807) is 0 Å². The number of hydrogen-bond donors (Lipinski definition) is 1. The summed E-state index contributed by atoms with van der Waals surface area (Å²) < 4.78 is 5.61. The zero-order valence-electron chi connectivity index (χ0n) is 12.2. The van der Waals surface area contributed by atoms with Crippen molar-refractivity contribution in [1.29, 1.82) is 0 Å². The molecule has 3 fully saturated rings. The van der Waals surface area contributed by atoms with E-state index in [0.717, 1.165) is 19.1 Å². The highest BCUT2D eigenvalue weighted by molar-refractivity contribution is 8.14. The van der Waals surface area contributed by atoms with Crippen LogP contribution in [0.1, 0.15) is 46.0 Å². The van der Waals surface area contributed by atoms with Gasteiger partial charge in [-0.2, -0.15) is 0 Å². The van der Waals surface area contributed by atoms with Crippen LogP contribution < -0.4 is 5.32 Å². The van der Waals surface area contributed by atoms with Crippen molar-refractivity contribution >= 4 is 16.9 Å². The van der Waals surface area contributed by atoms with Gasteiger partial charge in [0.15, 0.2) is 5.17 Å². The number of nitrogens with zero attached hydrogens (tertiary/aromatic N) is 1. The van der Waals surface area contributed by atoms with E-state index < -0.39 is 0 Å². The molecule has 0 aromatic carbocycles. The number of ether oxygens (including phenoxy) is 1. The van der Waals surface area contributed by atoms with Crippen LogP contribution in [-0.4, -0.2) is 35.7 Å². The first-order valence-corrected chi connectivity index (χ1v) is 8.72. The van der Waals surface area contributed by atoms with Crippen molar-refractivity contribution in [3.8, 4) is 0 Å². The molecule has 3 rings (SSSR count). The summed E-state index contributed by atoms with van der Waals surface area (Å²) in [6.45, 7) is 6.41. The van der Waals surface area contributed by atoms with Crippen molar-refractivity contribution in [2.24, 2.45) is 16.8 Å². The highest BCUT2D eigenvalue weighted by atomic mass is 32.2. The topological polar surface area (TPSA) is 33.6 Å². The lowest BCUT2D eigenvalue weighted by atomic mass is 9.78. The summed E-state index contributed by atoms with van der Waals surface area (Å²) in [5, 5.41) is 4.93. The van der Waals surface area contributed by atoms with Gasteiger partial charge in [0.25, 0.3) is 0 Å². The lowest BCUT2D eigenvalue weighted by Crippen LogP contribution is -2.46. The van der Waals surface area contributed by atoms with Crippen LogP contribution in [0.15, 0.2) is 4.99 Å². The van der Waals surface area contributed by atoms with Gasteiger partial charge in [-0.3, -0.25) is 4.99 Å². The van der Waals surface area contributed by atoms with Crippen molar-refractivity contribution in [3.63, 3.8) is 0 Å². The molecule has 3 nitrogen and oxygen atoms in total. The molecule has 2 aliphatic heterocycles. The third-order valence-corrected chi connectivity index (χ3v) is 6.29. The first-order chi connectivity index (χ1) is 9.17. The minimum Gasteiger partial charge on any atom is -0.378 e. The summed E-state index contributed by atoms with van der Waals surface area (Å²) in [7, 11) is 0. The lowest BCUT2D eigenvalue weighted by Gasteiger charge is -2.35. The molecule has 0 radical (unpaired) electrons. The Morgan fingerprint density at radius 1 is 1.32 bits per heavy atom. The van der Waals surface area contributed by atoms with Crippen LogP contribution in [0.4, 0.5) is 0 Å². The predicted octanol–water partition coefficient (Wildman–Crippen LogP) is 3.05. The molecular weight excluding hydrogens is 256 g/mol. The van der Waals surface area contributed by atoms with Gasteiger partial charge in [-0.05, 0) is 44.9 Å². The number of rotatable bonds is 2. The second-order valence-electron chi connectivity index (χ2n) is 6.65. The normalized spacial score (nSPS) is 44.9. The second kappa shape index (κ2) is 5.65. The number of thioether (sulfide) groups is 1. The number of amidine groups is 1. The Morgan fingerprint density at radius 3 is 2.79 bits per heavy atom. The SMILES string of the molecule is CC1CCC2(CC1)CSC(=NCC1CCOC1C)N2. The van der Waals surface area contributed by atoms with E-state index in [4.69, 9.17) is 9.73 Å². The molecule has 1 saturated carbocycles. The summed E-state index contributed by atoms with van der Waals surface area (Å²) in [6.07, 6.45) is 6.94. The Kier molecular flexibility index (Phi) is 4.08. The van der Waals surface area contributed by atoms with Crippen molar-refractivity contribution in [2.45, 2.75) is 57.6 Å². The van der Waals surface area contributed by atoms with Gasteiger partial charge >= 0.3 is 0 Å². The van der Waals surface area contributed by atoms with Gasteiger partial charge in [0, 0.05) is 30.4 Å².